The lowest BCUT2D eigenvalue weighted by Gasteiger charge is -2.10. The van der Waals surface area contributed by atoms with Crippen LogP contribution in [0.5, 0.6) is 5.75 Å². The van der Waals surface area contributed by atoms with Crippen LogP contribution in [0.1, 0.15) is 37.8 Å². The Hall–Kier alpha value is -1.06. The fourth-order valence-corrected chi connectivity index (χ4v) is 1.49. The van der Waals surface area contributed by atoms with E-state index < -0.39 is 0 Å². The van der Waals surface area contributed by atoms with Crippen molar-refractivity contribution >= 4 is 0 Å². The molecule has 0 radical (unpaired) electrons. The van der Waals surface area contributed by atoms with Gasteiger partial charge in [0.25, 0.3) is 0 Å². The molecule has 3 nitrogen and oxygen atoms in total. The fourth-order valence-electron chi connectivity index (χ4n) is 1.49. The van der Waals surface area contributed by atoms with Gasteiger partial charge < -0.3 is 16.2 Å². The maximum absolute atomic E-state index is 5.82. The van der Waals surface area contributed by atoms with Gasteiger partial charge >= 0.3 is 0 Å². The number of rotatable bonds is 7. The summed E-state index contributed by atoms with van der Waals surface area (Å²) in [6, 6.07) is 7.79. The van der Waals surface area contributed by atoms with E-state index in [1.165, 1.54) is 12.8 Å². The standard InChI is InChI=1S/C13H22N2O/c1-2-3-4-9-16-12-7-5-11(6-8-12)13(15)10-14/h5-8,13H,2-4,9-10,14-15H2,1H3/t13-/m0/s1. The first-order valence-electron chi connectivity index (χ1n) is 5.96. The van der Waals surface area contributed by atoms with Crippen LogP contribution in [0, 0.1) is 0 Å². The lowest BCUT2D eigenvalue weighted by atomic mass is 10.1. The summed E-state index contributed by atoms with van der Waals surface area (Å²) in [5.41, 5.74) is 12.4. The van der Waals surface area contributed by atoms with Gasteiger partial charge in [-0.2, -0.15) is 0 Å². The molecule has 1 rings (SSSR count). The molecule has 1 aromatic carbocycles. The molecule has 4 N–H and O–H groups in total. The quantitative estimate of drug-likeness (QED) is 0.695. The molecule has 1 aromatic rings. The van der Waals surface area contributed by atoms with Crippen molar-refractivity contribution in [2.75, 3.05) is 13.2 Å². The Kier molecular flexibility index (Phi) is 5.90. The lowest BCUT2D eigenvalue weighted by Crippen LogP contribution is -2.20. The van der Waals surface area contributed by atoms with Gasteiger partial charge in [0.15, 0.2) is 0 Å². The van der Waals surface area contributed by atoms with E-state index in [0.717, 1.165) is 24.3 Å². The zero-order valence-corrected chi connectivity index (χ0v) is 9.99. The monoisotopic (exact) mass is 222 g/mol. The van der Waals surface area contributed by atoms with Crippen molar-refractivity contribution in [3.05, 3.63) is 29.8 Å². The number of ether oxygens (including phenoxy) is 1. The van der Waals surface area contributed by atoms with Gasteiger partial charge in [0.05, 0.1) is 6.61 Å². The van der Waals surface area contributed by atoms with E-state index in [4.69, 9.17) is 16.2 Å². The van der Waals surface area contributed by atoms with E-state index in [1.54, 1.807) is 0 Å². The summed E-state index contributed by atoms with van der Waals surface area (Å²) in [5, 5.41) is 0. The predicted molar refractivity (Wildman–Crippen MR) is 67.4 cm³/mol. The largest absolute Gasteiger partial charge is 0.494 e. The Balaban J connectivity index is 2.39. The van der Waals surface area contributed by atoms with E-state index in [2.05, 4.69) is 6.92 Å². The summed E-state index contributed by atoms with van der Waals surface area (Å²) in [4.78, 5) is 0. The van der Waals surface area contributed by atoms with E-state index >= 15 is 0 Å². The minimum Gasteiger partial charge on any atom is -0.494 e. The Morgan fingerprint density at radius 3 is 2.44 bits per heavy atom. The summed E-state index contributed by atoms with van der Waals surface area (Å²) in [6.07, 6.45) is 3.55. The maximum Gasteiger partial charge on any atom is 0.119 e. The highest BCUT2D eigenvalue weighted by atomic mass is 16.5. The molecule has 3 heteroatoms. The highest BCUT2D eigenvalue weighted by Gasteiger charge is 2.02. The summed E-state index contributed by atoms with van der Waals surface area (Å²) >= 11 is 0. The van der Waals surface area contributed by atoms with Gasteiger partial charge in [0, 0.05) is 12.6 Å². The molecule has 0 heterocycles. The van der Waals surface area contributed by atoms with Crippen LogP contribution in [0.25, 0.3) is 0 Å². The van der Waals surface area contributed by atoms with E-state index in [0.29, 0.717) is 6.54 Å². The highest BCUT2D eigenvalue weighted by Crippen LogP contribution is 2.16. The minimum absolute atomic E-state index is 0.0749. The zero-order valence-electron chi connectivity index (χ0n) is 9.99. The SMILES string of the molecule is CCCCCOc1ccc([C@@H](N)CN)cc1. The van der Waals surface area contributed by atoms with Crippen molar-refractivity contribution < 1.29 is 4.74 Å². The summed E-state index contributed by atoms with van der Waals surface area (Å²) < 4.78 is 5.60. The molecule has 0 saturated carbocycles. The van der Waals surface area contributed by atoms with Crippen molar-refractivity contribution in [1.82, 2.24) is 0 Å². The minimum atomic E-state index is -0.0749. The average Bonchev–Trinajstić information content (AvgIpc) is 2.34. The Labute approximate surface area is 97.8 Å². The summed E-state index contributed by atoms with van der Waals surface area (Å²) in [6.45, 7) is 3.44. The van der Waals surface area contributed by atoms with Crippen molar-refractivity contribution in [2.24, 2.45) is 11.5 Å². The van der Waals surface area contributed by atoms with E-state index in [9.17, 15) is 0 Å². The number of hydrogen-bond donors (Lipinski definition) is 2. The van der Waals surface area contributed by atoms with Crippen molar-refractivity contribution in [2.45, 2.75) is 32.2 Å². The highest BCUT2D eigenvalue weighted by molar-refractivity contribution is 5.29. The molecule has 90 valence electrons. The van der Waals surface area contributed by atoms with Gasteiger partial charge in [-0.15, -0.1) is 0 Å². The average molecular weight is 222 g/mol. The van der Waals surface area contributed by atoms with Gasteiger partial charge in [-0.25, -0.2) is 0 Å². The summed E-state index contributed by atoms with van der Waals surface area (Å²) in [7, 11) is 0. The van der Waals surface area contributed by atoms with Crippen LogP contribution in [-0.4, -0.2) is 13.2 Å². The Morgan fingerprint density at radius 2 is 1.88 bits per heavy atom. The first-order chi connectivity index (χ1) is 7.77. The molecule has 0 unspecified atom stereocenters. The normalized spacial score (nSPS) is 12.4. The Morgan fingerprint density at radius 1 is 1.19 bits per heavy atom. The molecule has 0 aromatic heterocycles. The lowest BCUT2D eigenvalue weighted by molar-refractivity contribution is 0.306. The van der Waals surface area contributed by atoms with Gasteiger partial charge in [-0.3, -0.25) is 0 Å². The van der Waals surface area contributed by atoms with Crippen LogP contribution >= 0.6 is 0 Å². The molecule has 0 aliphatic rings. The van der Waals surface area contributed by atoms with E-state index in [1.807, 2.05) is 24.3 Å². The molecule has 0 saturated heterocycles. The fraction of sp³-hybridized carbons (Fsp3) is 0.538. The molecule has 0 spiro atoms. The van der Waals surface area contributed by atoms with Crippen molar-refractivity contribution in [1.29, 1.82) is 0 Å². The predicted octanol–water partition coefficient (Wildman–Crippen LogP) is 2.21. The molecule has 16 heavy (non-hydrogen) atoms. The van der Waals surface area contributed by atoms with Crippen LogP contribution in [0.3, 0.4) is 0 Å². The first kappa shape index (κ1) is 13.0. The van der Waals surface area contributed by atoms with Crippen LogP contribution < -0.4 is 16.2 Å². The first-order valence-corrected chi connectivity index (χ1v) is 5.96. The van der Waals surface area contributed by atoms with Crippen LogP contribution in [0.15, 0.2) is 24.3 Å². The number of unbranched alkanes of at least 4 members (excludes halogenated alkanes) is 2. The van der Waals surface area contributed by atoms with Crippen LogP contribution in [0.2, 0.25) is 0 Å². The number of benzene rings is 1. The smallest absolute Gasteiger partial charge is 0.119 e. The topological polar surface area (TPSA) is 61.3 Å². The zero-order chi connectivity index (χ0) is 11.8. The van der Waals surface area contributed by atoms with Gasteiger partial charge in [0.1, 0.15) is 5.75 Å². The third-order valence-corrected chi connectivity index (χ3v) is 2.58. The molecule has 0 fully saturated rings. The van der Waals surface area contributed by atoms with Gasteiger partial charge in [0.2, 0.25) is 0 Å². The Bertz CT molecular complexity index is 284. The third kappa shape index (κ3) is 4.21. The second kappa shape index (κ2) is 7.25. The molecule has 1 atom stereocenters. The van der Waals surface area contributed by atoms with Gasteiger partial charge in [-0.1, -0.05) is 31.9 Å². The number of hydrogen-bond acceptors (Lipinski definition) is 3. The second-order valence-electron chi connectivity index (χ2n) is 3.97. The molecule has 0 bridgehead atoms. The maximum atomic E-state index is 5.82. The molecular weight excluding hydrogens is 200 g/mol. The van der Waals surface area contributed by atoms with Crippen LogP contribution in [-0.2, 0) is 0 Å². The molecule has 0 amide bonds. The van der Waals surface area contributed by atoms with Crippen molar-refractivity contribution in [3.8, 4) is 5.75 Å². The number of nitrogens with two attached hydrogens (primary N) is 2. The second-order valence-corrected chi connectivity index (χ2v) is 3.97. The van der Waals surface area contributed by atoms with E-state index in [-0.39, 0.29) is 6.04 Å². The molecule has 0 aliphatic carbocycles. The molecule has 0 aliphatic heterocycles. The third-order valence-electron chi connectivity index (χ3n) is 2.58. The molecular formula is C13H22N2O. The van der Waals surface area contributed by atoms with Gasteiger partial charge in [-0.05, 0) is 24.1 Å². The summed E-state index contributed by atoms with van der Waals surface area (Å²) in [5.74, 6) is 0.907. The van der Waals surface area contributed by atoms with Crippen LogP contribution in [0.4, 0.5) is 0 Å². The van der Waals surface area contributed by atoms with Crippen molar-refractivity contribution in [3.63, 3.8) is 0 Å².